The Labute approximate surface area is 296 Å². The Morgan fingerprint density at radius 3 is 1.59 bits per heavy atom. The van der Waals surface area contributed by atoms with Crippen molar-refractivity contribution in [3.63, 3.8) is 0 Å². The molecular weight excluding hydrogens is 621 g/mol. The van der Waals surface area contributed by atoms with Gasteiger partial charge in [-0.05, 0) is 57.1 Å². The Balaban J connectivity index is 1.01. The Hall–Kier alpha value is -6.64. The lowest BCUT2D eigenvalue weighted by Gasteiger charge is -2.41. The van der Waals surface area contributed by atoms with Gasteiger partial charge in [-0.1, -0.05) is 176 Å². The Morgan fingerprint density at radius 2 is 0.882 bits per heavy atom. The fourth-order valence-electron chi connectivity index (χ4n) is 8.06. The lowest BCUT2D eigenvalue weighted by atomic mass is 9.63. The van der Waals surface area contributed by atoms with Gasteiger partial charge < -0.3 is 9.15 Å². The van der Waals surface area contributed by atoms with Crippen LogP contribution in [0.3, 0.4) is 0 Å². The van der Waals surface area contributed by atoms with Crippen LogP contribution in [0.5, 0.6) is 11.5 Å². The van der Waals surface area contributed by atoms with E-state index < -0.39 is 5.41 Å². The molecule has 0 saturated carbocycles. The van der Waals surface area contributed by atoms with E-state index in [2.05, 4.69) is 182 Å². The highest BCUT2D eigenvalue weighted by Gasteiger charge is 2.45. The molecule has 0 spiro atoms. The summed E-state index contributed by atoms with van der Waals surface area (Å²) in [5.74, 6) is 1.75. The minimum absolute atomic E-state index is 0.517. The predicted octanol–water partition coefficient (Wildman–Crippen LogP) is 13.1. The molecule has 0 radical (unpaired) electrons. The number of furan rings is 1. The molecule has 0 saturated heterocycles. The number of ether oxygens (including phenoxy) is 1. The molecule has 0 aliphatic carbocycles. The van der Waals surface area contributed by atoms with E-state index >= 15 is 0 Å². The number of rotatable bonds is 5. The molecule has 240 valence electrons. The summed E-state index contributed by atoms with van der Waals surface area (Å²) in [7, 11) is 0. The molecule has 8 aromatic carbocycles. The predicted molar refractivity (Wildman–Crippen MR) is 208 cm³/mol. The maximum Gasteiger partial charge on any atom is 0.143 e. The lowest BCUT2D eigenvalue weighted by Crippen LogP contribution is -2.34. The van der Waals surface area contributed by atoms with Gasteiger partial charge >= 0.3 is 0 Å². The first-order valence-corrected chi connectivity index (χ1v) is 17.4. The van der Waals surface area contributed by atoms with Gasteiger partial charge in [-0.2, -0.15) is 0 Å². The number of hydrogen-bond donors (Lipinski definition) is 0. The molecule has 10 rings (SSSR count). The summed E-state index contributed by atoms with van der Waals surface area (Å²) in [6.07, 6.45) is 0. The van der Waals surface area contributed by atoms with Crippen molar-refractivity contribution < 1.29 is 9.15 Å². The molecule has 1 aliphatic rings. The van der Waals surface area contributed by atoms with Crippen molar-refractivity contribution in [1.29, 1.82) is 0 Å². The maximum absolute atomic E-state index is 6.72. The normalized spacial score (nSPS) is 13.0. The van der Waals surface area contributed by atoms with Gasteiger partial charge in [-0.25, -0.2) is 0 Å². The third kappa shape index (κ3) is 4.65. The van der Waals surface area contributed by atoms with E-state index in [1.807, 2.05) is 12.1 Å². The SMILES string of the molecule is c1ccc(C2(c3ccccc3)c3ccccc3Oc3cc(-c4ccc(-c5ccc(-c6cccc7c6oc6ccccc67)cc5)cc4)ccc32)cc1. The molecule has 0 amide bonds. The van der Waals surface area contributed by atoms with Crippen LogP contribution < -0.4 is 4.74 Å². The van der Waals surface area contributed by atoms with Crippen LogP contribution in [0.15, 0.2) is 199 Å². The number of para-hydroxylation sites is 3. The van der Waals surface area contributed by atoms with E-state index in [1.54, 1.807) is 0 Å². The molecule has 2 heterocycles. The average molecular weight is 653 g/mol. The summed E-state index contributed by atoms with van der Waals surface area (Å²) in [6.45, 7) is 0. The Morgan fingerprint density at radius 1 is 0.353 bits per heavy atom. The first-order valence-electron chi connectivity index (χ1n) is 17.4. The van der Waals surface area contributed by atoms with Gasteiger partial charge in [0.2, 0.25) is 0 Å². The smallest absolute Gasteiger partial charge is 0.143 e. The summed E-state index contributed by atoms with van der Waals surface area (Å²) in [5.41, 5.74) is 12.9. The molecule has 0 unspecified atom stereocenters. The fraction of sp³-hybridized carbons (Fsp3) is 0.0204. The minimum Gasteiger partial charge on any atom is -0.457 e. The zero-order valence-electron chi connectivity index (χ0n) is 27.8. The second kappa shape index (κ2) is 11.8. The fourth-order valence-corrected chi connectivity index (χ4v) is 8.06. The standard InChI is InChI=1S/C49H32O2/c1-3-12-38(13-4-1)49(39-14-5-2-6-15-39)43-19-8-10-21-46(43)50-47-32-37(30-31-44(47)49)35-24-22-33(23-25-35)34-26-28-36(29-27-34)40-17-11-18-42-41-16-7-9-20-45(41)51-48(40)42/h1-32H. The quantitative estimate of drug-likeness (QED) is 0.185. The molecule has 0 fully saturated rings. The number of hydrogen-bond acceptors (Lipinski definition) is 2. The summed E-state index contributed by atoms with van der Waals surface area (Å²) in [5, 5.41) is 2.29. The van der Waals surface area contributed by atoms with Crippen molar-refractivity contribution in [3.05, 3.63) is 216 Å². The van der Waals surface area contributed by atoms with Gasteiger partial charge in [0, 0.05) is 27.5 Å². The van der Waals surface area contributed by atoms with E-state index in [4.69, 9.17) is 9.15 Å². The molecule has 9 aromatic rings. The Bertz CT molecular complexity index is 2650. The topological polar surface area (TPSA) is 22.4 Å². The largest absolute Gasteiger partial charge is 0.457 e. The van der Waals surface area contributed by atoms with Crippen LogP contribution in [0.25, 0.3) is 55.3 Å². The molecule has 2 nitrogen and oxygen atoms in total. The summed E-state index contributed by atoms with van der Waals surface area (Å²) in [4.78, 5) is 0. The first-order chi connectivity index (χ1) is 25.3. The summed E-state index contributed by atoms with van der Waals surface area (Å²) in [6, 6.07) is 69.0. The van der Waals surface area contributed by atoms with Crippen LogP contribution in [0.4, 0.5) is 0 Å². The number of fused-ring (bicyclic) bond motifs is 5. The van der Waals surface area contributed by atoms with Crippen LogP contribution >= 0.6 is 0 Å². The lowest BCUT2D eigenvalue weighted by molar-refractivity contribution is 0.435. The van der Waals surface area contributed by atoms with Gasteiger partial charge in [-0.3, -0.25) is 0 Å². The maximum atomic E-state index is 6.72. The molecular formula is C49H32O2. The Kier molecular flexibility index (Phi) is 6.75. The van der Waals surface area contributed by atoms with E-state index in [9.17, 15) is 0 Å². The second-order valence-corrected chi connectivity index (χ2v) is 13.2. The van der Waals surface area contributed by atoms with Gasteiger partial charge in [0.1, 0.15) is 22.7 Å². The zero-order valence-corrected chi connectivity index (χ0v) is 27.8. The highest BCUT2D eigenvalue weighted by Crippen LogP contribution is 2.55. The molecule has 0 atom stereocenters. The van der Waals surface area contributed by atoms with Crippen molar-refractivity contribution in [2.24, 2.45) is 0 Å². The minimum atomic E-state index is -0.517. The third-order valence-corrected chi connectivity index (χ3v) is 10.5. The highest BCUT2D eigenvalue weighted by molar-refractivity contribution is 6.09. The van der Waals surface area contributed by atoms with Crippen molar-refractivity contribution in [2.45, 2.75) is 5.41 Å². The molecule has 51 heavy (non-hydrogen) atoms. The average Bonchev–Trinajstić information content (AvgIpc) is 3.60. The van der Waals surface area contributed by atoms with Gasteiger partial charge in [-0.15, -0.1) is 0 Å². The van der Waals surface area contributed by atoms with E-state index in [-0.39, 0.29) is 0 Å². The van der Waals surface area contributed by atoms with E-state index in [0.29, 0.717) is 0 Å². The van der Waals surface area contributed by atoms with Crippen LogP contribution in [-0.4, -0.2) is 0 Å². The molecule has 0 N–H and O–H groups in total. The first kappa shape index (κ1) is 29.3. The zero-order chi connectivity index (χ0) is 33.8. The van der Waals surface area contributed by atoms with Crippen molar-refractivity contribution in [3.8, 4) is 44.9 Å². The van der Waals surface area contributed by atoms with Gasteiger partial charge in [0.05, 0.1) is 5.41 Å². The van der Waals surface area contributed by atoms with E-state index in [0.717, 1.165) is 66.8 Å². The van der Waals surface area contributed by atoms with Crippen molar-refractivity contribution in [1.82, 2.24) is 0 Å². The monoisotopic (exact) mass is 652 g/mol. The summed E-state index contributed by atoms with van der Waals surface area (Å²) < 4.78 is 13.0. The van der Waals surface area contributed by atoms with Crippen LogP contribution in [0.2, 0.25) is 0 Å². The molecule has 1 aliphatic heterocycles. The number of benzene rings is 8. The summed E-state index contributed by atoms with van der Waals surface area (Å²) >= 11 is 0. The molecule has 2 heteroatoms. The van der Waals surface area contributed by atoms with Crippen molar-refractivity contribution >= 4 is 21.9 Å². The van der Waals surface area contributed by atoms with Gasteiger partial charge in [0.15, 0.2) is 0 Å². The third-order valence-electron chi connectivity index (χ3n) is 10.5. The van der Waals surface area contributed by atoms with Crippen LogP contribution in [-0.2, 0) is 5.41 Å². The van der Waals surface area contributed by atoms with Crippen molar-refractivity contribution in [2.75, 3.05) is 0 Å². The molecule has 1 aromatic heterocycles. The highest BCUT2D eigenvalue weighted by atomic mass is 16.5. The van der Waals surface area contributed by atoms with E-state index in [1.165, 1.54) is 22.3 Å². The van der Waals surface area contributed by atoms with Crippen LogP contribution in [0, 0.1) is 0 Å². The second-order valence-electron chi connectivity index (χ2n) is 13.2. The van der Waals surface area contributed by atoms with Gasteiger partial charge in [0.25, 0.3) is 0 Å². The van der Waals surface area contributed by atoms with Crippen LogP contribution in [0.1, 0.15) is 22.3 Å². The molecule has 0 bridgehead atoms.